The highest BCUT2D eigenvalue weighted by Crippen LogP contribution is 2.29. The second kappa shape index (κ2) is 8.79. The Kier molecular flexibility index (Phi) is 7.11. The number of hydrogen-bond donors (Lipinski definition) is 0. The number of rotatable bonds is 5. The molecular formula is C18H25F3N2O4S. The van der Waals surface area contributed by atoms with Crippen molar-refractivity contribution in [3.8, 4) is 0 Å². The van der Waals surface area contributed by atoms with E-state index in [1.54, 1.807) is 0 Å². The van der Waals surface area contributed by atoms with Crippen molar-refractivity contribution in [3.63, 3.8) is 0 Å². The van der Waals surface area contributed by atoms with Crippen LogP contribution >= 0.6 is 0 Å². The zero-order valence-electron chi connectivity index (χ0n) is 16.1. The molecule has 0 radical (unpaired) electrons. The molecule has 0 aliphatic carbocycles. The molecule has 0 N–H and O–H groups in total. The van der Waals surface area contributed by atoms with E-state index in [0.29, 0.717) is 12.1 Å². The largest absolute Gasteiger partial charge is 0.468 e. The van der Waals surface area contributed by atoms with Gasteiger partial charge in [0.25, 0.3) is 0 Å². The summed E-state index contributed by atoms with van der Waals surface area (Å²) in [5.74, 6) is -0.581. The maximum absolute atomic E-state index is 12.8. The predicted octanol–water partition coefficient (Wildman–Crippen LogP) is 2.35. The fraction of sp³-hybridized carbons (Fsp3) is 0.611. The van der Waals surface area contributed by atoms with Crippen LogP contribution in [0.25, 0.3) is 0 Å². The Morgan fingerprint density at radius 1 is 1.25 bits per heavy atom. The third kappa shape index (κ3) is 5.68. The highest BCUT2D eigenvalue weighted by atomic mass is 32.2. The molecule has 28 heavy (non-hydrogen) atoms. The molecule has 1 fully saturated rings. The van der Waals surface area contributed by atoms with Crippen molar-refractivity contribution in [3.05, 3.63) is 35.4 Å². The quantitative estimate of drug-likeness (QED) is 0.682. The number of halogens is 3. The molecule has 10 heteroatoms. The third-order valence-corrected chi connectivity index (χ3v) is 6.31. The van der Waals surface area contributed by atoms with Crippen LogP contribution in [0.4, 0.5) is 13.2 Å². The molecule has 1 atom stereocenters. The monoisotopic (exact) mass is 422 g/mol. The number of carbonyl (C=O) groups excluding carboxylic acids is 1. The number of nitrogens with zero attached hydrogens (tertiary/aromatic N) is 2. The zero-order valence-corrected chi connectivity index (χ0v) is 16.9. The van der Waals surface area contributed by atoms with Gasteiger partial charge in [-0.2, -0.15) is 17.5 Å². The minimum absolute atomic E-state index is 0.171. The van der Waals surface area contributed by atoms with Gasteiger partial charge in [0.15, 0.2) is 0 Å². The summed E-state index contributed by atoms with van der Waals surface area (Å²) in [7, 11) is -2.62. The van der Waals surface area contributed by atoms with Crippen molar-refractivity contribution in [1.82, 2.24) is 9.21 Å². The van der Waals surface area contributed by atoms with E-state index in [1.807, 2.05) is 18.7 Å². The Labute approximate surface area is 163 Å². The van der Waals surface area contributed by atoms with Gasteiger partial charge in [0.05, 0.1) is 18.4 Å². The summed E-state index contributed by atoms with van der Waals surface area (Å²) < 4.78 is 69.7. The molecule has 1 unspecified atom stereocenters. The van der Waals surface area contributed by atoms with Gasteiger partial charge in [-0.05, 0) is 23.6 Å². The smallest absolute Gasteiger partial charge is 0.416 e. The van der Waals surface area contributed by atoms with Crippen LogP contribution in [-0.2, 0) is 32.3 Å². The van der Waals surface area contributed by atoms with E-state index in [0.717, 1.165) is 16.4 Å². The lowest BCUT2D eigenvalue weighted by Crippen LogP contribution is -2.48. The van der Waals surface area contributed by atoms with Crippen molar-refractivity contribution < 1.29 is 31.1 Å². The lowest BCUT2D eigenvalue weighted by atomic mass is 10.1. The van der Waals surface area contributed by atoms with E-state index < -0.39 is 33.8 Å². The second-order valence-electron chi connectivity index (χ2n) is 7.25. The molecule has 0 bridgehead atoms. The van der Waals surface area contributed by atoms with E-state index in [1.165, 1.54) is 19.2 Å². The molecule has 2 rings (SSSR count). The topological polar surface area (TPSA) is 66.9 Å². The minimum atomic E-state index is -4.47. The number of esters is 1. The standard InChI is InChI=1S/C18H25F3N2O4S/c1-13(2)10-22-8-9-28(25,26)23(16(12-22)17(24)27-3)11-14-4-6-15(7-5-14)18(19,20)21/h4-7,13,16H,8-12H2,1-3H3. The molecule has 6 nitrogen and oxygen atoms in total. The van der Waals surface area contributed by atoms with Crippen molar-refractivity contribution in [2.24, 2.45) is 5.92 Å². The molecule has 158 valence electrons. The van der Waals surface area contributed by atoms with E-state index in [9.17, 15) is 26.4 Å². The highest BCUT2D eigenvalue weighted by Gasteiger charge is 2.40. The number of methoxy groups -OCH3 is 1. The Bertz CT molecular complexity index is 779. The van der Waals surface area contributed by atoms with Crippen LogP contribution in [0, 0.1) is 5.92 Å². The Morgan fingerprint density at radius 2 is 1.86 bits per heavy atom. The Hall–Kier alpha value is -1.65. The lowest BCUT2D eigenvalue weighted by Gasteiger charge is -2.29. The average Bonchev–Trinajstić information content (AvgIpc) is 2.71. The van der Waals surface area contributed by atoms with Gasteiger partial charge < -0.3 is 4.74 Å². The van der Waals surface area contributed by atoms with Gasteiger partial charge in [0.2, 0.25) is 10.0 Å². The summed E-state index contributed by atoms with van der Waals surface area (Å²) >= 11 is 0. The number of benzene rings is 1. The molecular weight excluding hydrogens is 397 g/mol. The summed E-state index contributed by atoms with van der Waals surface area (Å²) in [5.41, 5.74) is -0.453. The van der Waals surface area contributed by atoms with Gasteiger partial charge in [0, 0.05) is 26.2 Å². The minimum Gasteiger partial charge on any atom is -0.468 e. The van der Waals surface area contributed by atoms with Gasteiger partial charge in [-0.1, -0.05) is 26.0 Å². The fourth-order valence-corrected chi connectivity index (χ4v) is 4.79. The first-order valence-electron chi connectivity index (χ1n) is 8.90. The Morgan fingerprint density at radius 3 is 2.36 bits per heavy atom. The van der Waals surface area contributed by atoms with E-state index in [4.69, 9.17) is 4.74 Å². The van der Waals surface area contributed by atoms with Crippen molar-refractivity contribution >= 4 is 16.0 Å². The molecule has 0 amide bonds. The number of carbonyl (C=O) groups is 1. The van der Waals surface area contributed by atoms with Crippen LogP contribution in [-0.4, -0.2) is 62.1 Å². The molecule has 1 heterocycles. The molecule has 0 saturated carbocycles. The molecule has 1 aromatic rings. The molecule has 0 aromatic heterocycles. The van der Waals surface area contributed by atoms with Crippen LogP contribution < -0.4 is 0 Å². The average molecular weight is 422 g/mol. The number of ether oxygens (including phenoxy) is 1. The van der Waals surface area contributed by atoms with Crippen molar-refractivity contribution in [1.29, 1.82) is 0 Å². The maximum Gasteiger partial charge on any atom is 0.416 e. The van der Waals surface area contributed by atoms with Crippen LogP contribution in [0.3, 0.4) is 0 Å². The van der Waals surface area contributed by atoms with Crippen LogP contribution in [0.5, 0.6) is 0 Å². The van der Waals surface area contributed by atoms with Gasteiger partial charge in [0.1, 0.15) is 6.04 Å². The van der Waals surface area contributed by atoms with Crippen LogP contribution in [0.2, 0.25) is 0 Å². The van der Waals surface area contributed by atoms with Crippen molar-refractivity contribution in [2.75, 3.05) is 32.5 Å². The molecule has 1 saturated heterocycles. The normalized spacial score (nSPS) is 21.5. The first kappa shape index (κ1) is 22.6. The first-order chi connectivity index (χ1) is 12.9. The van der Waals surface area contributed by atoms with Gasteiger partial charge in [-0.3, -0.25) is 9.69 Å². The van der Waals surface area contributed by atoms with Crippen LogP contribution in [0.1, 0.15) is 25.0 Å². The van der Waals surface area contributed by atoms with E-state index >= 15 is 0 Å². The number of alkyl halides is 3. The van der Waals surface area contributed by atoms with E-state index in [-0.39, 0.29) is 31.3 Å². The lowest BCUT2D eigenvalue weighted by molar-refractivity contribution is -0.145. The van der Waals surface area contributed by atoms with Gasteiger partial charge in [-0.15, -0.1) is 0 Å². The molecule has 1 aromatic carbocycles. The number of hydrogen-bond acceptors (Lipinski definition) is 5. The highest BCUT2D eigenvalue weighted by molar-refractivity contribution is 7.89. The summed E-state index contributed by atoms with van der Waals surface area (Å²) in [4.78, 5) is 14.2. The number of sulfonamides is 1. The summed E-state index contributed by atoms with van der Waals surface area (Å²) in [5, 5.41) is 0. The van der Waals surface area contributed by atoms with Gasteiger partial charge in [-0.25, -0.2) is 8.42 Å². The van der Waals surface area contributed by atoms with Crippen LogP contribution in [0.15, 0.2) is 24.3 Å². The SMILES string of the molecule is COC(=O)C1CN(CC(C)C)CCS(=O)(=O)N1Cc1ccc(C(F)(F)F)cc1. The summed E-state index contributed by atoms with van der Waals surface area (Å²) in [6, 6.07) is 3.20. The molecule has 1 aliphatic heterocycles. The van der Waals surface area contributed by atoms with Crippen molar-refractivity contribution in [2.45, 2.75) is 32.6 Å². The zero-order chi connectivity index (χ0) is 21.1. The fourth-order valence-electron chi connectivity index (χ4n) is 3.18. The third-order valence-electron chi connectivity index (χ3n) is 4.52. The summed E-state index contributed by atoms with van der Waals surface area (Å²) in [6.45, 7) is 4.86. The molecule has 0 spiro atoms. The Balaban J connectivity index is 2.32. The molecule has 1 aliphatic rings. The maximum atomic E-state index is 12.8. The van der Waals surface area contributed by atoms with E-state index in [2.05, 4.69) is 0 Å². The first-order valence-corrected chi connectivity index (χ1v) is 10.5. The predicted molar refractivity (Wildman–Crippen MR) is 97.9 cm³/mol. The van der Waals surface area contributed by atoms with Gasteiger partial charge >= 0.3 is 12.1 Å². The summed E-state index contributed by atoms with van der Waals surface area (Å²) in [6.07, 6.45) is -4.47. The second-order valence-corrected chi connectivity index (χ2v) is 9.29.